The highest BCUT2D eigenvalue weighted by Gasteiger charge is 2.34. The molecule has 1 heterocycles. The summed E-state index contributed by atoms with van der Waals surface area (Å²) in [4.78, 5) is 30.9. The van der Waals surface area contributed by atoms with Crippen molar-refractivity contribution in [1.82, 2.24) is 9.80 Å². The quantitative estimate of drug-likeness (QED) is 0.424. The molecule has 1 aliphatic heterocycles. The van der Waals surface area contributed by atoms with E-state index in [2.05, 4.69) is 0 Å². The Labute approximate surface area is 265 Å². The van der Waals surface area contributed by atoms with Gasteiger partial charge in [-0.3, -0.25) is 9.59 Å². The topological polar surface area (TPSA) is 118 Å². The predicted molar refractivity (Wildman–Crippen MR) is 169 cm³/mol. The van der Waals surface area contributed by atoms with Gasteiger partial charge in [-0.15, -0.1) is 0 Å². The van der Waals surface area contributed by atoms with Gasteiger partial charge in [0, 0.05) is 45.5 Å². The number of amides is 2. The fraction of sp³-hybridized carbons (Fsp3) is 0.529. The molecule has 3 rings (SSSR count). The molecule has 1 saturated heterocycles. The fourth-order valence-corrected chi connectivity index (χ4v) is 5.41. The van der Waals surface area contributed by atoms with Crippen LogP contribution in [-0.2, 0) is 14.3 Å². The van der Waals surface area contributed by atoms with Gasteiger partial charge in [0.2, 0.25) is 5.91 Å². The first-order chi connectivity index (χ1) is 21.6. The van der Waals surface area contributed by atoms with Gasteiger partial charge in [-0.25, -0.2) is 4.39 Å². The van der Waals surface area contributed by atoms with Crippen LogP contribution < -0.4 is 9.47 Å². The highest BCUT2D eigenvalue weighted by Crippen LogP contribution is 2.28. The van der Waals surface area contributed by atoms with E-state index in [4.69, 9.17) is 18.9 Å². The molecule has 2 aromatic rings. The van der Waals surface area contributed by atoms with E-state index >= 15 is 0 Å². The minimum atomic E-state index is -1.38. The third-order valence-electron chi connectivity index (χ3n) is 7.82. The second-order valence-corrected chi connectivity index (χ2v) is 11.6. The highest BCUT2D eigenvalue weighted by atomic mass is 19.1. The summed E-state index contributed by atoms with van der Waals surface area (Å²) in [6.45, 7) is 4.55. The maximum absolute atomic E-state index is 14.9. The van der Waals surface area contributed by atoms with E-state index in [0.717, 1.165) is 5.56 Å². The lowest BCUT2D eigenvalue weighted by Gasteiger charge is -2.38. The number of rotatable bonds is 8. The molecule has 0 unspecified atom stereocenters. The molecule has 2 aromatic carbocycles. The number of carbonyl (C=O) groups is 2. The Balaban J connectivity index is 2.02. The lowest BCUT2D eigenvalue weighted by Crippen LogP contribution is -2.53. The molecule has 0 aromatic heterocycles. The molecule has 248 valence electrons. The number of halogens is 1. The maximum atomic E-state index is 14.9. The number of aliphatic hydroxyl groups is 2. The summed E-state index contributed by atoms with van der Waals surface area (Å²) in [5.41, 5.74) is 0.602. The number of hydrogen-bond donors (Lipinski definition) is 2. The van der Waals surface area contributed by atoms with E-state index in [1.54, 1.807) is 43.4 Å². The minimum absolute atomic E-state index is 0.0560. The zero-order chi connectivity index (χ0) is 32.9. The van der Waals surface area contributed by atoms with Crippen LogP contribution in [0.2, 0.25) is 0 Å². The first-order valence-corrected chi connectivity index (χ1v) is 15.3. The fourth-order valence-electron chi connectivity index (χ4n) is 5.41. The first-order valence-electron chi connectivity index (χ1n) is 15.3. The predicted octanol–water partition coefficient (Wildman–Crippen LogP) is 3.79. The summed E-state index contributed by atoms with van der Waals surface area (Å²) in [6, 6.07) is 10.6. The third kappa shape index (κ3) is 10.3. The molecular formula is C34H47FN2O8. The van der Waals surface area contributed by atoms with Gasteiger partial charge in [0.15, 0.2) is 11.5 Å². The number of nitrogens with zero attached hydrogens (tertiary/aromatic N) is 2. The number of benzene rings is 2. The Morgan fingerprint density at radius 2 is 1.78 bits per heavy atom. The zero-order valence-corrected chi connectivity index (χ0v) is 26.9. The van der Waals surface area contributed by atoms with Crippen molar-refractivity contribution in [1.29, 1.82) is 0 Å². The molecule has 2 N–H and O–H groups in total. The Bertz CT molecular complexity index is 1270. The average molecular weight is 631 g/mol. The molecule has 10 nitrogen and oxygen atoms in total. The number of carbonyl (C=O) groups excluding carboxylic acids is 2. The molecule has 4 atom stereocenters. The van der Waals surface area contributed by atoms with Crippen molar-refractivity contribution in [3.05, 3.63) is 65.5 Å². The van der Waals surface area contributed by atoms with Crippen LogP contribution in [0.15, 0.2) is 48.5 Å². The number of methoxy groups -OCH3 is 3. The summed E-state index contributed by atoms with van der Waals surface area (Å²) in [5.74, 6) is -0.288. The highest BCUT2D eigenvalue weighted by molar-refractivity contribution is 5.95. The van der Waals surface area contributed by atoms with Gasteiger partial charge in [0.25, 0.3) is 5.91 Å². The Hall–Kier alpha value is -3.51. The average Bonchev–Trinajstić information content (AvgIpc) is 3.03. The number of hydrogen-bond acceptors (Lipinski definition) is 8. The van der Waals surface area contributed by atoms with E-state index in [0.29, 0.717) is 43.9 Å². The van der Waals surface area contributed by atoms with Crippen LogP contribution in [0.25, 0.3) is 6.08 Å². The molecule has 45 heavy (non-hydrogen) atoms. The van der Waals surface area contributed by atoms with Crippen molar-refractivity contribution in [2.45, 2.75) is 57.5 Å². The van der Waals surface area contributed by atoms with E-state index in [1.165, 1.54) is 36.3 Å². The molecule has 0 bridgehead atoms. The van der Waals surface area contributed by atoms with Crippen molar-refractivity contribution >= 4 is 17.9 Å². The van der Waals surface area contributed by atoms with Crippen molar-refractivity contribution in [3.8, 4) is 11.5 Å². The summed E-state index contributed by atoms with van der Waals surface area (Å²) in [6.07, 6.45) is 1.32. The Morgan fingerprint density at radius 1 is 1.04 bits per heavy atom. The van der Waals surface area contributed by atoms with Crippen LogP contribution in [0.1, 0.15) is 49.0 Å². The van der Waals surface area contributed by atoms with Crippen LogP contribution in [0.4, 0.5) is 4.39 Å². The molecule has 1 aliphatic rings. The molecule has 0 radical (unpaired) electrons. The second-order valence-electron chi connectivity index (χ2n) is 11.6. The lowest BCUT2D eigenvalue weighted by atomic mass is 9.99. The van der Waals surface area contributed by atoms with Crippen LogP contribution in [0.5, 0.6) is 11.5 Å². The summed E-state index contributed by atoms with van der Waals surface area (Å²) >= 11 is 0. The van der Waals surface area contributed by atoms with Gasteiger partial charge >= 0.3 is 0 Å². The van der Waals surface area contributed by atoms with Crippen LogP contribution in [0.3, 0.4) is 0 Å². The van der Waals surface area contributed by atoms with Crippen molar-refractivity contribution in [2.24, 2.45) is 5.92 Å². The molecule has 0 spiro atoms. The lowest BCUT2D eigenvalue weighted by molar-refractivity contribution is -0.130. The van der Waals surface area contributed by atoms with Gasteiger partial charge < -0.3 is 39.0 Å². The normalized spacial score (nSPS) is 22.3. The van der Waals surface area contributed by atoms with Gasteiger partial charge in [-0.1, -0.05) is 32.0 Å². The van der Waals surface area contributed by atoms with Gasteiger partial charge in [-0.05, 0) is 61.1 Å². The van der Waals surface area contributed by atoms with Crippen molar-refractivity contribution in [3.63, 3.8) is 0 Å². The molecule has 11 heteroatoms. The van der Waals surface area contributed by atoms with Crippen LogP contribution in [0, 0.1) is 11.7 Å². The van der Waals surface area contributed by atoms with Gasteiger partial charge in [0.1, 0.15) is 24.1 Å². The number of ether oxygens (including phenoxy) is 4. The maximum Gasteiger partial charge on any atom is 0.256 e. The largest absolute Gasteiger partial charge is 0.493 e. The standard InChI is InChI=1S/C34H47FN2O8/c1-23(2)18-25-20-36(34(41)26-10-6-7-11-27(26)35)21-31(44-5)33(40)28(38)22-45-17-9-8-16-37(25)32(39)15-13-24-12-14-29(42-3)30(19-24)43-4/h6-7,10-15,19,23,25,28,31,33,38,40H,8-9,16-18,20-22H2,1-5H3/b15-13+/t25-,28-,31-,33-/m1/s1. The monoisotopic (exact) mass is 630 g/mol. The van der Waals surface area contributed by atoms with E-state index in [9.17, 15) is 24.2 Å². The smallest absolute Gasteiger partial charge is 0.256 e. The summed E-state index contributed by atoms with van der Waals surface area (Å²) in [5, 5.41) is 21.5. The van der Waals surface area contributed by atoms with Crippen molar-refractivity contribution in [2.75, 3.05) is 54.2 Å². The number of aliphatic hydroxyl groups excluding tert-OH is 2. The Kier molecular flexibility index (Phi) is 14.3. The minimum Gasteiger partial charge on any atom is -0.493 e. The van der Waals surface area contributed by atoms with Gasteiger partial charge in [-0.2, -0.15) is 0 Å². The summed E-state index contributed by atoms with van der Waals surface area (Å²) in [7, 11) is 4.46. The van der Waals surface area contributed by atoms with Gasteiger partial charge in [0.05, 0.1) is 26.4 Å². The molecule has 1 fully saturated rings. The summed E-state index contributed by atoms with van der Waals surface area (Å²) < 4.78 is 36.7. The molecule has 0 aliphatic carbocycles. The van der Waals surface area contributed by atoms with Crippen molar-refractivity contribution < 1.29 is 43.1 Å². The van der Waals surface area contributed by atoms with E-state index in [-0.39, 0.29) is 37.1 Å². The van der Waals surface area contributed by atoms with E-state index < -0.39 is 36.1 Å². The van der Waals surface area contributed by atoms with Crippen LogP contribution >= 0.6 is 0 Å². The zero-order valence-electron chi connectivity index (χ0n) is 26.9. The SMILES string of the molecule is COc1ccc(/C=C/C(=O)N2CCCCOC[C@@H](O)[C@@H](O)[C@H](OC)CN(C(=O)c3ccccc3F)C[C@H]2CC(C)C)cc1OC. The first kappa shape index (κ1) is 36.0. The third-order valence-corrected chi connectivity index (χ3v) is 7.82. The Morgan fingerprint density at radius 3 is 2.44 bits per heavy atom. The molecule has 0 saturated carbocycles. The molecule has 2 amide bonds. The second kappa shape index (κ2) is 17.8. The molecular weight excluding hydrogens is 583 g/mol. The van der Waals surface area contributed by atoms with E-state index in [1.807, 2.05) is 19.9 Å². The van der Waals surface area contributed by atoms with Crippen LogP contribution in [-0.4, -0.2) is 110 Å².